The molecule has 120 valence electrons. The predicted molar refractivity (Wildman–Crippen MR) is 90.0 cm³/mol. The highest BCUT2D eigenvalue weighted by molar-refractivity contribution is 5.85. The molecule has 1 aromatic rings. The summed E-state index contributed by atoms with van der Waals surface area (Å²) in [5.74, 6) is 0.572. The first kappa shape index (κ1) is 16.5. The zero-order valence-corrected chi connectivity index (χ0v) is 13.5. The van der Waals surface area contributed by atoms with Crippen molar-refractivity contribution in [3.63, 3.8) is 0 Å². The highest BCUT2D eigenvalue weighted by atomic mass is 16.2. The summed E-state index contributed by atoms with van der Waals surface area (Å²) in [4.78, 5) is 19.6. The van der Waals surface area contributed by atoms with E-state index < -0.39 is 0 Å². The summed E-state index contributed by atoms with van der Waals surface area (Å²) >= 11 is 0. The van der Waals surface area contributed by atoms with Gasteiger partial charge in [0.05, 0.1) is 6.34 Å². The molecule has 1 aliphatic heterocycles. The first-order valence-electron chi connectivity index (χ1n) is 7.88. The van der Waals surface area contributed by atoms with Gasteiger partial charge in [0.15, 0.2) is 0 Å². The second-order valence-electron chi connectivity index (χ2n) is 5.88. The number of nitrogens with zero attached hydrogens (tertiary/aromatic N) is 3. The SMILES string of the molecule is CN=CN(C)C(=O)NCC1CCN(Cc2ccccc2)CC1. The molecule has 5 nitrogen and oxygen atoms in total. The Bertz CT molecular complexity index is 481. The fourth-order valence-electron chi connectivity index (χ4n) is 2.77. The van der Waals surface area contributed by atoms with Gasteiger partial charge in [-0.15, -0.1) is 0 Å². The topological polar surface area (TPSA) is 47.9 Å². The lowest BCUT2D eigenvalue weighted by Gasteiger charge is -2.32. The Morgan fingerprint density at radius 2 is 2.05 bits per heavy atom. The van der Waals surface area contributed by atoms with Crippen LogP contribution in [0.15, 0.2) is 35.3 Å². The Balaban J connectivity index is 1.68. The number of likely N-dealkylation sites (tertiary alicyclic amines) is 1. The van der Waals surface area contributed by atoms with Crippen molar-refractivity contribution in [2.45, 2.75) is 19.4 Å². The predicted octanol–water partition coefficient (Wildman–Crippen LogP) is 2.20. The van der Waals surface area contributed by atoms with Gasteiger partial charge in [-0.25, -0.2) is 4.79 Å². The van der Waals surface area contributed by atoms with E-state index in [9.17, 15) is 4.79 Å². The zero-order valence-electron chi connectivity index (χ0n) is 13.5. The second kappa shape index (κ2) is 8.54. The van der Waals surface area contributed by atoms with E-state index in [2.05, 4.69) is 45.5 Å². The van der Waals surface area contributed by atoms with E-state index in [1.165, 1.54) is 16.8 Å². The van der Waals surface area contributed by atoms with Gasteiger partial charge in [0.2, 0.25) is 0 Å². The normalized spacial score (nSPS) is 16.8. The lowest BCUT2D eigenvalue weighted by atomic mass is 9.96. The molecule has 0 radical (unpaired) electrons. The minimum Gasteiger partial charge on any atom is -0.337 e. The molecule has 0 bridgehead atoms. The maximum Gasteiger partial charge on any atom is 0.322 e. The van der Waals surface area contributed by atoms with Crippen molar-refractivity contribution in [1.29, 1.82) is 0 Å². The van der Waals surface area contributed by atoms with Crippen molar-refractivity contribution >= 4 is 12.4 Å². The number of piperidine rings is 1. The van der Waals surface area contributed by atoms with Gasteiger partial charge < -0.3 is 5.32 Å². The van der Waals surface area contributed by atoms with Crippen LogP contribution in [0, 0.1) is 5.92 Å². The number of aliphatic imine (C=N–C) groups is 1. The molecule has 0 spiro atoms. The fourth-order valence-corrected chi connectivity index (χ4v) is 2.77. The van der Waals surface area contributed by atoms with E-state index in [-0.39, 0.29) is 6.03 Å². The number of nitrogens with one attached hydrogen (secondary N) is 1. The third kappa shape index (κ3) is 5.15. The number of rotatable bonds is 5. The quantitative estimate of drug-likeness (QED) is 0.669. The van der Waals surface area contributed by atoms with E-state index in [1.54, 1.807) is 14.1 Å². The van der Waals surface area contributed by atoms with Gasteiger partial charge in [0.25, 0.3) is 0 Å². The zero-order chi connectivity index (χ0) is 15.8. The summed E-state index contributed by atoms with van der Waals surface area (Å²) in [5, 5.41) is 2.98. The number of carbonyl (C=O) groups is 1. The largest absolute Gasteiger partial charge is 0.337 e. The molecule has 1 fully saturated rings. The van der Waals surface area contributed by atoms with Crippen LogP contribution in [0.25, 0.3) is 0 Å². The van der Waals surface area contributed by atoms with Crippen LogP contribution >= 0.6 is 0 Å². The minimum atomic E-state index is -0.0858. The molecular weight excluding hydrogens is 276 g/mol. The third-order valence-electron chi connectivity index (χ3n) is 4.11. The molecule has 1 saturated heterocycles. The average Bonchev–Trinajstić information content (AvgIpc) is 2.55. The van der Waals surface area contributed by atoms with Crippen LogP contribution in [0.5, 0.6) is 0 Å². The van der Waals surface area contributed by atoms with Crippen LogP contribution in [0.4, 0.5) is 4.79 Å². The van der Waals surface area contributed by atoms with Gasteiger partial charge in [-0.3, -0.25) is 14.8 Å². The number of hydrogen-bond donors (Lipinski definition) is 1. The van der Waals surface area contributed by atoms with Gasteiger partial charge in [0.1, 0.15) is 0 Å². The van der Waals surface area contributed by atoms with Gasteiger partial charge >= 0.3 is 6.03 Å². The Morgan fingerprint density at radius 1 is 1.36 bits per heavy atom. The average molecular weight is 302 g/mol. The maximum atomic E-state index is 11.8. The van der Waals surface area contributed by atoms with Gasteiger partial charge in [-0.2, -0.15) is 0 Å². The maximum absolute atomic E-state index is 11.8. The lowest BCUT2D eigenvalue weighted by Crippen LogP contribution is -2.42. The standard InChI is InChI=1S/C17H26N4O/c1-18-14-20(2)17(22)19-12-15-8-10-21(11-9-15)13-16-6-4-3-5-7-16/h3-7,14-15H,8-13H2,1-2H3,(H,19,22). The van der Waals surface area contributed by atoms with Crippen molar-refractivity contribution in [2.24, 2.45) is 10.9 Å². The molecule has 1 N–H and O–H groups in total. The van der Waals surface area contributed by atoms with Crippen LogP contribution in [-0.2, 0) is 6.54 Å². The highest BCUT2D eigenvalue weighted by Gasteiger charge is 2.20. The van der Waals surface area contributed by atoms with Crippen LogP contribution in [0.1, 0.15) is 18.4 Å². The molecule has 1 aromatic carbocycles. The molecule has 0 aliphatic carbocycles. The Morgan fingerprint density at radius 3 is 2.68 bits per heavy atom. The molecule has 0 saturated carbocycles. The Hall–Kier alpha value is -1.88. The molecule has 22 heavy (non-hydrogen) atoms. The van der Waals surface area contributed by atoms with E-state index in [0.717, 1.165) is 39.0 Å². The van der Waals surface area contributed by atoms with E-state index >= 15 is 0 Å². The number of amides is 2. The summed E-state index contributed by atoms with van der Waals surface area (Å²) in [6, 6.07) is 10.5. The van der Waals surface area contributed by atoms with Crippen molar-refractivity contribution in [1.82, 2.24) is 15.1 Å². The molecular formula is C17H26N4O. The van der Waals surface area contributed by atoms with Crippen molar-refractivity contribution in [3.05, 3.63) is 35.9 Å². The first-order valence-corrected chi connectivity index (χ1v) is 7.88. The van der Waals surface area contributed by atoms with E-state index in [0.29, 0.717) is 5.92 Å². The van der Waals surface area contributed by atoms with Crippen LogP contribution in [0.2, 0.25) is 0 Å². The highest BCUT2D eigenvalue weighted by Crippen LogP contribution is 2.18. The monoisotopic (exact) mass is 302 g/mol. The van der Waals surface area contributed by atoms with Crippen LogP contribution < -0.4 is 5.32 Å². The van der Waals surface area contributed by atoms with Gasteiger partial charge in [-0.05, 0) is 37.4 Å². The second-order valence-corrected chi connectivity index (χ2v) is 5.88. The summed E-state index contributed by atoms with van der Waals surface area (Å²) in [6.45, 7) is 3.97. The van der Waals surface area contributed by atoms with Gasteiger partial charge in [0, 0.05) is 27.2 Å². The molecule has 0 atom stereocenters. The molecule has 2 rings (SSSR count). The molecule has 5 heteroatoms. The molecule has 1 aliphatic rings. The van der Waals surface area contributed by atoms with E-state index in [1.807, 2.05) is 0 Å². The smallest absolute Gasteiger partial charge is 0.322 e. The van der Waals surface area contributed by atoms with Crippen LogP contribution in [-0.4, -0.2) is 55.9 Å². The van der Waals surface area contributed by atoms with Crippen molar-refractivity contribution < 1.29 is 4.79 Å². The Kier molecular flexibility index (Phi) is 6.40. The lowest BCUT2D eigenvalue weighted by molar-refractivity contribution is 0.173. The van der Waals surface area contributed by atoms with E-state index in [4.69, 9.17) is 0 Å². The summed E-state index contributed by atoms with van der Waals surface area (Å²) < 4.78 is 0. The number of urea groups is 1. The Labute approximate surface area is 133 Å². The number of carbonyl (C=O) groups excluding carboxylic acids is 1. The summed E-state index contributed by atoms with van der Waals surface area (Å²) in [6.07, 6.45) is 3.80. The molecule has 1 heterocycles. The summed E-state index contributed by atoms with van der Waals surface area (Å²) in [7, 11) is 3.37. The molecule has 2 amide bonds. The third-order valence-corrected chi connectivity index (χ3v) is 4.11. The van der Waals surface area contributed by atoms with Gasteiger partial charge in [-0.1, -0.05) is 30.3 Å². The van der Waals surface area contributed by atoms with Crippen molar-refractivity contribution in [2.75, 3.05) is 33.7 Å². The molecule has 0 aromatic heterocycles. The number of benzene rings is 1. The molecule has 0 unspecified atom stereocenters. The first-order chi connectivity index (χ1) is 10.7. The van der Waals surface area contributed by atoms with Crippen LogP contribution in [0.3, 0.4) is 0 Å². The number of hydrogen-bond acceptors (Lipinski definition) is 3. The van der Waals surface area contributed by atoms with Crippen molar-refractivity contribution in [3.8, 4) is 0 Å². The summed E-state index contributed by atoms with van der Waals surface area (Å²) in [5.41, 5.74) is 1.37. The fraction of sp³-hybridized carbons (Fsp3) is 0.529. The minimum absolute atomic E-state index is 0.0858.